The number of rotatable bonds is 8. The lowest BCUT2D eigenvalue weighted by Gasteiger charge is -2.31. The minimum absolute atomic E-state index is 0.209. The van der Waals surface area contributed by atoms with Crippen molar-refractivity contribution in [2.24, 2.45) is 0 Å². The molecule has 4 heterocycles. The van der Waals surface area contributed by atoms with Crippen LogP contribution in [0.1, 0.15) is 71.5 Å². The number of aromatic carboxylic acids is 1. The highest BCUT2D eigenvalue weighted by molar-refractivity contribution is 5.98. The van der Waals surface area contributed by atoms with Crippen molar-refractivity contribution in [2.45, 2.75) is 70.3 Å². The maximum atomic E-state index is 15.8. The predicted octanol–water partition coefficient (Wildman–Crippen LogP) is 6.89. The van der Waals surface area contributed by atoms with Crippen LogP contribution in [0.3, 0.4) is 0 Å². The molecule has 2 atom stereocenters. The van der Waals surface area contributed by atoms with Crippen molar-refractivity contribution in [1.82, 2.24) is 19.4 Å². The molecule has 0 bridgehead atoms. The lowest BCUT2D eigenvalue weighted by Crippen LogP contribution is -2.36. The molecule has 7 rings (SSSR count). The summed E-state index contributed by atoms with van der Waals surface area (Å²) in [5.41, 5.74) is 6.55. The summed E-state index contributed by atoms with van der Waals surface area (Å²) in [5, 5.41) is 10.9. The van der Waals surface area contributed by atoms with Gasteiger partial charge in [0, 0.05) is 67.5 Å². The lowest BCUT2D eigenvalue weighted by atomic mass is 9.80. The number of halogens is 1. The fourth-order valence-electron chi connectivity index (χ4n) is 7.53. The number of nitrogens with zero attached hydrogens (tertiary/aromatic N) is 4. The first-order valence-corrected chi connectivity index (χ1v) is 16.2. The van der Waals surface area contributed by atoms with Gasteiger partial charge in [-0.05, 0) is 97.9 Å². The van der Waals surface area contributed by atoms with E-state index in [1.54, 1.807) is 24.5 Å². The second-order valence-corrected chi connectivity index (χ2v) is 12.6. The van der Waals surface area contributed by atoms with Gasteiger partial charge in [0.2, 0.25) is 0 Å². The van der Waals surface area contributed by atoms with E-state index >= 15 is 4.39 Å². The maximum absolute atomic E-state index is 15.8. The Hall–Kier alpha value is -3.75. The Balaban J connectivity index is 1.34. The molecule has 2 aliphatic heterocycles. The van der Waals surface area contributed by atoms with Gasteiger partial charge in [0.1, 0.15) is 18.5 Å². The van der Waals surface area contributed by atoms with Crippen LogP contribution in [0.2, 0.25) is 0 Å². The number of fused-ring (bicyclic) bond motifs is 5. The van der Waals surface area contributed by atoms with E-state index < -0.39 is 12.1 Å². The van der Waals surface area contributed by atoms with Crippen LogP contribution >= 0.6 is 0 Å². The van der Waals surface area contributed by atoms with Gasteiger partial charge in [-0.1, -0.05) is 18.9 Å². The number of aromatic nitrogens is 2. The molecule has 44 heavy (non-hydrogen) atoms. The third-order valence-electron chi connectivity index (χ3n) is 9.85. The fourth-order valence-corrected chi connectivity index (χ4v) is 7.53. The van der Waals surface area contributed by atoms with E-state index in [1.165, 1.54) is 12.8 Å². The quantitative estimate of drug-likeness (QED) is 0.239. The zero-order chi connectivity index (χ0) is 30.0. The monoisotopic (exact) mass is 596 g/mol. The molecule has 1 aliphatic carbocycles. The number of alkyl halides is 1. The van der Waals surface area contributed by atoms with Gasteiger partial charge in [0.05, 0.1) is 11.3 Å². The molecule has 3 aliphatic rings. The number of ether oxygens (including phenoxy) is 1. The highest BCUT2D eigenvalue weighted by Crippen LogP contribution is 2.47. The molecular formula is C36H41FN4O3. The average molecular weight is 597 g/mol. The second kappa shape index (κ2) is 12.7. The molecular weight excluding hydrogens is 555 g/mol. The molecule has 1 N–H and O–H groups in total. The Kier molecular flexibility index (Phi) is 8.37. The molecule has 2 aromatic carbocycles. The normalized spacial score (nSPS) is 21.0. The molecule has 2 fully saturated rings. The van der Waals surface area contributed by atoms with E-state index in [1.807, 2.05) is 24.3 Å². The van der Waals surface area contributed by atoms with Crippen LogP contribution < -0.4 is 4.74 Å². The largest absolute Gasteiger partial charge is 0.489 e. The highest BCUT2D eigenvalue weighted by Gasteiger charge is 2.34. The minimum atomic E-state index is -0.945. The second-order valence-electron chi connectivity index (χ2n) is 12.6. The number of carbonyl (C=O) groups is 1. The van der Waals surface area contributed by atoms with Crippen LogP contribution in [-0.2, 0) is 19.7 Å². The van der Waals surface area contributed by atoms with Crippen molar-refractivity contribution < 1.29 is 19.0 Å². The zero-order valence-corrected chi connectivity index (χ0v) is 25.3. The third kappa shape index (κ3) is 5.85. The number of carboxylic acid groups (broad SMARTS) is 1. The summed E-state index contributed by atoms with van der Waals surface area (Å²) < 4.78 is 24.3. The molecule has 0 unspecified atom stereocenters. The van der Waals surface area contributed by atoms with Crippen LogP contribution in [0, 0.1) is 0 Å². The van der Waals surface area contributed by atoms with Gasteiger partial charge in [0.25, 0.3) is 0 Å². The van der Waals surface area contributed by atoms with Crippen molar-refractivity contribution in [3.8, 4) is 17.0 Å². The van der Waals surface area contributed by atoms with E-state index in [-0.39, 0.29) is 11.5 Å². The van der Waals surface area contributed by atoms with Gasteiger partial charge in [-0.2, -0.15) is 0 Å². The average Bonchev–Trinajstić information content (AvgIpc) is 3.67. The first-order valence-electron chi connectivity index (χ1n) is 16.2. The van der Waals surface area contributed by atoms with E-state index in [9.17, 15) is 9.90 Å². The molecule has 230 valence electrons. The Morgan fingerprint density at radius 1 is 0.909 bits per heavy atom. The molecule has 0 spiro atoms. The molecule has 2 aromatic heterocycles. The summed E-state index contributed by atoms with van der Waals surface area (Å²) in [7, 11) is 0. The van der Waals surface area contributed by atoms with E-state index in [4.69, 9.17) is 4.74 Å². The summed E-state index contributed by atoms with van der Waals surface area (Å²) in [6.07, 6.45) is 8.47. The topological polar surface area (TPSA) is 70.8 Å². The van der Waals surface area contributed by atoms with E-state index in [0.717, 1.165) is 110 Å². The van der Waals surface area contributed by atoms with Gasteiger partial charge in [0.15, 0.2) is 0 Å². The standard InChI is InChI=1S/C36H41FN4O3/c37-32-6-2-1-5-30(32)34-31-9-7-26(36(42)43)22-33(31)41-20-19-40(18-17-39-15-3-4-16-39)23-27-21-28(8-10-29(27)35(34)41)44-24-25-11-13-38-14-12-25/h7-14,21-22,30,32H,1-6,15-20,23-24H2,(H,42,43)/t30-,32-/m1/s1. The molecule has 0 amide bonds. The number of hydrogen-bond donors (Lipinski definition) is 1. The van der Waals surface area contributed by atoms with Crippen molar-refractivity contribution >= 4 is 16.9 Å². The van der Waals surface area contributed by atoms with Gasteiger partial charge < -0.3 is 19.3 Å². The SMILES string of the molecule is O=C(O)c1ccc2c([C@@H]3CCCC[C@H]3F)c3n(c2c1)CCN(CCN1CCCC1)Cc1cc(OCc2ccncc2)ccc1-3. The van der Waals surface area contributed by atoms with Crippen molar-refractivity contribution in [3.63, 3.8) is 0 Å². The minimum Gasteiger partial charge on any atom is -0.489 e. The lowest BCUT2D eigenvalue weighted by molar-refractivity contribution is 0.0697. The number of pyridine rings is 1. The van der Waals surface area contributed by atoms with Gasteiger partial charge >= 0.3 is 5.97 Å². The Labute approximate surface area is 258 Å². The van der Waals surface area contributed by atoms with Crippen molar-refractivity contribution in [1.29, 1.82) is 0 Å². The summed E-state index contributed by atoms with van der Waals surface area (Å²) in [5.74, 6) is -0.349. The summed E-state index contributed by atoms with van der Waals surface area (Å²) in [6.45, 7) is 7.10. The van der Waals surface area contributed by atoms with Crippen LogP contribution in [-0.4, -0.2) is 69.3 Å². The summed E-state index contributed by atoms with van der Waals surface area (Å²) in [6, 6.07) is 15.6. The number of benzene rings is 2. The number of carboxylic acids is 1. The molecule has 1 saturated heterocycles. The number of likely N-dealkylation sites (tertiary alicyclic amines) is 1. The zero-order valence-electron chi connectivity index (χ0n) is 25.3. The van der Waals surface area contributed by atoms with Gasteiger partial charge in [-0.25, -0.2) is 9.18 Å². The van der Waals surface area contributed by atoms with Crippen LogP contribution in [0.15, 0.2) is 60.9 Å². The number of hydrogen-bond acceptors (Lipinski definition) is 5. The van der Waals surface area contributed by atoms with Crippen LogP contribution in [0.5, 0.6) is 5.75 Å². The van der Waals surface area contributed by atoms with Crippen LogP contribution in [0.25, 0.3) is 22.2 Å². The van der Waals surface area contributed by atoms with Gasteiger partial charge in [-0.3, -0.25) is 9.88 Å². The highest BCUT2D eigenvalue weighted by atomic mass is 19.1. The Morgan fingerprint density at radius 3 is 2.50 bits per heavy atom. The fraction of sp³-hybridized carbons (Fsp3) is 0.444. The van der Waals surface area contributed by atoms with E-state index in [2.05, 4.69) is 31.5 Å². The van der Waals surface area contributed by atoms with E-state index in [0.29, 0.717) is 13.0 Å². The molecule has 0 radical (unpaired) electrons. The molecule has 1 saturated carbocycles. The van der Waals surface area contributed by atoms with Crippen LogP contribution in [0.4, 0.5) is 4.39 Å². The smallest absolute Gasteiger partial charge is 0.335 e. The summed E-state index contributed by atoms with van der Waals surface area (Å²) in [4.78, 5) is 21.2. The molecule has 7 nitrogen and oxygen atoms in total. The van der Waals surface area contributed by atoms with Crippen molar-refractivity contribution in [2.75, 3.05) is 32.7 Å². The molecule has 8 heteroatoms. The first kappa shape index (κ1) is 29.0. The van der Waals surface area contributed by atoms with Crippen molar-refractivity contribution in [3.05, 3.63) is 83.2 Å². The third-order valence-corrected chi connectivity index (χ3v) is 9.85. The summed E-state index contributed by atoms with van der Waals surface area (Å²) >= 11 is 0. The Morgan fingerprint density at radius 2 is 1.70 bits per heavy atom. The Bertz CT molecular complexity index is 1630. The first-order chi connectivity index (χ1) is 21.5. The van der Waals surface area contributed by atoms with Gasteiger partial charge in [-0.15, -0.1) is 0 Å². The molecule has 4 aromatic rings. The maximum Gasteiger partial charge on any atom is 0.335 e. The predicted molar refractivity (Wildman–Crippen MR) is 170 cm³/mol.